The van der Waals surface area contributed by atoms with Crippen molar-refractivity contribution in [1.29, 1.82) is 0 Å². The molecule has 0 unspecified atom stereocenters. The highest BCUT2D eigenvalue weighted by molar-refractivity contribution is 7.86. The molecule has 0 spiro atoms. The molecule has 160 valence electrons. The minimum Gasteiger partial charge on any atom is -0.506 e. The van der Waals surface area contributed by atoms with Crippen LogP contribution in [0.4, 0.5) is 0 Å². The molecular weight excluding hydrogens is 388 g/mol. The second-order valence-corrected chi connectivity index (χ2v) is 8.79. The molecule has 2 N–H and O–H groups in total. The molecule has 5 nitrogen and oxygen atoms in total. The van der Waals surface area contributed by atoms with Gasteiger partial charge in [0, 0.05) is 6.07 Å². The molecular formula is C23H32O5S. The van der Waals surface area contributed by atoms with Crippen molar-refractivity contribution < 1.29 is 22.8 Å². The Bertz CT molecular complexity index is 847. The zero-order valence-corrected chi connectivity index (χ0v) is 18.0. The van der Waals surface area contributed by atoms with Crippen LogP contribution >= 0.6 is 0 Å². The molecule has 2 aromatic rings. The summed E-state index contributed by atoms with van der Waals surface area (Å²) in [6.07, 6.45) is 11.3. The number of rotatable bonds is 13. The summed E-state index contributed by atoms with van der Waals surface area (Å²) in [5, 5.41) is 10.0. The van der Waals surface area contributed by atoms with E-state index in [2.05, 4.69) is 6.92 Å². The fraction of sp³-hybridized carbons (Fsp3) is 0.478. The lowest BCUT2D eigenvalue weighted by atomic mass is 10.0. The monoisotopic (exact) mass is 420 g/mol. The number of unbranched alkanes of at least 4 members (excludes halogenated alkanes) is 8. The van der Waals surface area contributed by atoms with Crippen LogP contribution in [0.25, 0.3) is 0 Å². The molecule has 0 saturated carbocycles. The van der Waals surface area contributed by atoms with Gasteiger partial charge in [-0.1, -0.05) is 76.5 Å². The predicted octanol–water partition coefficient (Wildman–Crippen LogP) is 6.50. The zero-order valence-electron chi connectivity index (χ0n) is 17.1. The van der Waals surface area contributed by atoms with Gasteiger partial charge in [-0.15, -0.1) is 0 Å². The average Bonchev–Trinajstić information content (AvgIpc) is 2.68. The van der Waals surface area contributed by atoms with E-state index < -0.39 is 20.8 Å². The van der Waals surface area contributed by atoms with E-state index in [0.29, 0.717) is 23.5 Å². The van der Waals surface area contributed by atoms with E-state index in [9.17, 15) is 18.1 Å². The van der Waals surface area contributed by atoms with Crippen molar-refractivity contribution >= 4 is 10.1 Å². The minimum atomic E-state index is -4.50. The van der Waals surface area contributed by atoms with Crippen LogP contribution in [0.15, 0.2) is 47.4 Å². The molecule has 0 aliphatic rings. The Balaban J connectivity index is 2.00. The first-order valence-corrected chi connectivity index (χ1v) is 11.9. The van der Waals surface area contributed by atoms with Crippen LogP contribution in [0.1, 0.15) is 70.3 Å². The Labute approximate surface area is 174 Å². The topological polar surface area (TPSA) is 83.8 Å². The smallest absolute Gasteiger partial charge is 0.298 e. The van der Waals surface area contributed by atoms with Gasteiger partial charge >= 0.3 is 0 Å². The number of hydrogen-bond acceptors (Lipinski definition) is 4. The largest absolute Gasteiger partial charge is 0.506 e. The second kappa shape index (κ2) is 11.8. The van der Waals surface area contributed by atoms with Gasteiger partial charge in [0.2, 0.25) is 0 Å². The summed E-state index contributed by atoms with van der Waals surface area (Å²) in [6, 6.07) is 11.7. The molecule has 0 amide bonds. The lowest BCUT2D eigenvalue weighted by molar-refractivity contribution is 0.430. The lowest BCUT2D eigenvalue weighted by Crippen LogP contribution is -2.02. The van der Waals surface area contributed by atoms with Gasteiger partial charge in [0.05, 0.1) is 0 Å². The molecule has 0 aromatic heterocycles. The van der Waals surface area contributed by atoms with Crippen LogP contribution in [0, 0.1) is 0 Å². The van der Waals surface area contributed by atoms with Crippen LogP contribution in [0.5, 0.6) is 17.2 Å². The summed E-state index contributed by atoms with van der Waals surface area (Å²) >= 11 is 0. The Morgan fingerprint density at radius 3 is 2.03 bits per heavy atom. The van der Waals surface area contributed by atoms with Gasteiger partial charge in [0.25, 0.3) is 10.1 Å². The van der Waals surface area contributed by atoms with Crippen molar-refractivity contribution in [2.24, 2.45) is 0 Å². The van der Waals surface area contributed by atoms with Crippen molar-refractivity contribution in [3.8, 4) is 17.2 Å². The average molecular weight is 421 g/mol. The highest BCUT2D eigenvalue weighted by atomic mass is 32.2. The Morgan fingerprint density at radius 1 is 0.862 bits per heavy atom. The van der Waals surface area contributed by atoms with Crippen molar-refractivity contribution in [3.63, 3.8) is 0 Å². The molecule has 0 radical (unpaired) electrons. The molecule has 0 heterocycles. The van der Waals surface area contributed by atoms with E-state index >= 15 is 0 Å². The Hall–Kier alpha value is -2.05. The molecule has 2 rings (SSSR count). The quantitative estimate of drug-likeness (QED) is 0.285. The third-order valence-corrected chi connectivity index (χ3v) is 5.82. The molecule has 6 heteroatoms. The highest BCUT2D eigenvalue weighted by Crippen LogP contribution is 2.35. The second-order valence-electron chi connectivity index (χ2n) is 7.40. The molecule has 2 aromatic carbocycles. The van der Waals surface area contributed by atoms with Gasteiger partial charge in [-0.3, -0.25) is 4.55 Å². The fourth-order valence-corrected chi connectivity index (χ4v) is 3.94. The summed E-state index contributed by atoms with van der Waals surface area (Å²) in [5.41, 5.74) is 0.655. The van der Waals surface area contributed by atoms with Crippen molar-refractivity contribution in [2.45, 2.75) is 76.0 Å². The van der Waals surface area contributed by atoms with Crippen molar-refractivity contribution in [1.82, 2.24) is 0 Å². The van der Waals surface area contributed by atoms with E-state index in [-0.39, 0.29) is 0 Å². The molecule has 0 bridgehead atoms. The van der Waals surface area contributed by atoms with Crippen LogP contribution in [0.2, 0.25) is 0 Å². The number of phenols is 1. The number of ether oxygens (including phenoxy) is 1. The van der Waals surface area contributed by atoms with Crippen LogP contribution in [-0.4, -0.2) is 18.1 Å². The number of aryl methyl sites for hydroxylation is 1. The molecule has 0 atom stereocenters. The van der Waals surface area contributed by atoms with Crippen LogP contribution in [-0.2, 0) is 16.5 Å². The van der Waals surface area contributed by atoms with E-state index in [1.165, 1.54) is 50.7 Å². The fourth-order valence-electron chi connectivity index (χ4n) is 3.33. The number of phenolic OH excluding ortho intramolecular Hbond substituents is 1. The maximum absolute atomic E-state index is 11.6. The first kappa shape index (κ1) is 23.2. The number of para-hydroxylation sites is 1. The van der Waals surface area contributed by atoms with E-state index in [1.807, 2.05) is 18.2 Å². The molecule has 29 heavy (non-hydrogen) atoms. The molecule has 0 aliphatic carbocycles. The number of benzene rings is 2. The minimum absolute atomic E-state index is 0.403. The number of aromatic hydroxyl groups is 1. The maximum Gasteiger partial charge on any atom is 0.298 e. The molecule has 0 saturated heterocycles. The predicted molar refractivity (Wildman–Crippen MR) is 115 cm³/mol. The van der Waals surface area contributed by atoms with E-state index in [4.69, 9.17) is 4.74 Å². The van der Waals surface area contributed by atoms with Gasteiger partial charge in [0.1, 0.15) is 22.1 Å². The Morgan fingerprint density at radius 2 is 1.45 bits per heavy atom. The van der Waals surface area contributed by atoms with Gasteiger partial charge in [0.15, 0.2) is 0 Å². The highest BCUT2D eigenvalue weighted by Gasteiger charge is 2.19. The van der Waals surface area contributed by atoms with E-state index in [1.54, 1.807) is 12.1 Å². The van der Waals surface area contributed by atoms with Gasteiger partial charge < -0.3 is 9.84 Å². The van der Waals surface area contributed by atoms with Crippen LogP contribution in [0.3, 0.4) is 0 Å². The first-order chi connectivity index (χ1) is 13.9. The summed E-state index contributed by atoms with van der Waals surface area (Å²) in [5.74, 6) is 0.481. The Kier molecular flexibility index (Phi) is 9.48. The zero-order chi connectivity index (χ0) is 21.1. The SMILES string of the molecule is CCCCCCCCCCCc1cc(S(=O)(=O)O)c(O)cc1Oc1ccccc1. The summed E-state index contributed by atoms with van der Waals surface area (Å²) in [6.45, 7) is 2.21. The van der Waals surface area contributed by atoms with Crippen LogP contribution < -0.4 is 4.74 Å². The maximum atomic E-state index is 11.6. The van der Waals surface area contributed by atoms with Gasteiger partial charge in [-0.25, -0.2) is 0 Å². The number of hydrogen-bond donors (Lipinski definition) is 2. The third-order valence-electron chi connectivity index (χ3n) is 4.94. The van der Waals surface area contributed by atoms with E-state index in [0.717, 1.165) is 19.3 Å². The van der Waals surface area contributed by atoms with Gasteiger partial charge in [-0.2, -0.15) is 8.42 Å². The standard InChI is InChI=1S/C23H32O5S/c1-2-3-4-5-6-7-8-9-11-14-19-17-23(29(25,26)27)21(24)18-22(19)28-20-15-12-10-13-16-20/h10,12-13,15-18,24H,2-9,11,14H2,1H3,(H,25,26,27). The summed E-state index contributed by atoms with van der Waals surface area (Å²) in [4.78, 5) is -0.483. The summed E-state index contributed by atoms with van der Waals surface area (Å²) < 4.78 is 38.3. The van der Waals surface area contributed by atoms with Crippen molar-refractivity contribution in [3.05, 3.63) is 48.0 Å². The summed E-state index contributed by atoms with van der Waals surface area (Å²) in [7, 11) is -4.50. The van der Waals surface area contributed by atoms with Crippen molar-refractivity contribution in [2.75, 3.05) is 0 Å². The van der Waals surface area contributed by atoms with Gasteiger partial charge in [-0.05, 0) is 36.6 Å². The molecule has 0 fully saturated rings. The first-order valence-electron chi connectivity index (χ1n) is 10.5. The lowest BCUT2D eigenvalue weighted by Gasteiger charge is -2.14. The molecule has 0 aliphatic heterocycles. The third kappa shape index (κ3) is 8.07. The normalized spacial score (nSPS) is 11.5.